The fourth-order valence-electron chi connectivity index (χ4n) is 3.49. The number of fused-ring (bicyclic) bond motifs is 1. The average molecular weight is 476 g/mol. The second-order valence-electron chi connectivity index (χ2n) is 7.85. The van der Waals surface area contributed by atoms with E-state index in [0.29, 0.717) is 0 Å². The van der Waals surface area contributed by atoms with Crippen molar-refractivity contribution in [1.29, 1.82) is 0 Å². The molecule has 0 atom stereocenters. The zero-order valence-corrected chi connectivity index (χ0v) is 19.3. The summed E-state index contributed by atoms with van der Waals surface area (Å²) in [6.07, 6.45) is 2.79. The Morgan fingerprint density at radius 1 is 1.06 bits per heavy atom. The summed E-state index contributed by atoms with van der Waals surface area (Å²) >= 11 is 1.49. The third-order valence-corrected chi connectivity index (χ3v) is 6.08. The van der Waals surface area contributed by atoms with Gasteiger partial charge in [0.15, 0.2) is 5.82 Å². The molecule has 0 saturated heterocycles. The number of aryl methyl sites for hydroxylation is 1. The molecule has 4 rings (SSSR count). The van der Waals surface area contributed by atoms with E-state index in [4.69, 9.17) is 0 Å². The number of rotatable bonds is 8. The summed E-state index contributed by atoms with van der Waals surface area (Å²) in [4.78, 5) is 6.97. The number of anilines is 1. The van der Waals surface area contributed by atoms with Crippen molar-refractivity contribution < 1.29 is 13.2 Å². The summed E-state index contributed by atoms with van der Waals surface area (Å²) in [6, 6.07) is 8.00. The first-order valence-electron chi connectivity index (χ1n) is 10.3. The van der Waals surface area contributed by atoms with E-state index in [0.717, 1.165) is 59.3 Å². The number of alkyl halides is 3. The van der Waals surface area contributed by atoms with E-state index < -0.39 is 11.7 Å². The molecule has 0 aliphatic heterocycles. The molecule has 0 aliphatic carbocycles. The third kappa shape index (κ3) is 5.31. The first-order chi connectivity index (χ1) is 15.7. The lowest BCUT2D eigenvalue weighted by Gasteiger charge is -2.24. The largest absolute Gasteiger partial charge is 0.416 e. The summed E-state index contributed by atoms with van der Waals surface area (Å²) in [5.74, 6) is 0.115. The van der Waals surface area contributed by atoms with Crippen LogP contribution < -0.4 is 4.31 Å². The molecule has 3 heterocycles. The number of aromatic nitrogens is 5. The summed E-state index contributed by atoms with van der Waals surface area (Å²) in [6.45, 7) is 1.69. The van der Waals surface area contributed by atoms with E-state index in [1.165, 1.54) is 16.6 Å². The summed E-state index contributed by atoms with van der Waals surface area (Å²) in [5.41, 5.74) is 1.27. The molecular formula is C22H24F3N7S. The van der Waals surface area contributed by atoms with Gasteiger partial charge in [0.05, 0.1) is 34.1 Å². The van der Waals surface area contributed by atoms with Crippen LogP contribution in [0.4, 0.5) is 18.9 Å². The maximum absolute atomic E-state index is 13.1. The smallest absolute Gasteiger partial charge is 0.310 e. The monoisotopic (exact) mass is 475 g/mol. The standard InChI is InChI=1S/C22H24F3N7S/c1-29(2)10-5-11-32(19-7-4-6-16-13-27-30(3)21(16)19)33-18-14-28-31(15-18)20-12-17(8-9-26-20)22(23,24)25/h4,6-9,12-15H,5,10-11H2,1-3H3. The Bertz CT molecular complexity index is 1230. The molecule has 0 unspecified atom stereocenters. The van der Waals surface area contributed by atoms with Gasteiger partial charge in [-0.2, -0.15) is 23.4 Å². The lowest BCUT2D eigenvalue weighted by molar-refractivity contribution is -0.137. The molecule has 0 radical (unpaired) electrons. The summed E-state index contributed by atoms with van der Waals surface area (Å²) in [5, 5.41) is 9.67. The van der Waals surface area contributed by atoms with Crippen LogP contribution in [0.3, 0.4) is 0 Å². The first kappa shape index (κ1) is 23.1. The molecule has 0 saturated carbocycles. The first-order valence-corrected chi connectivity index (χ1v) is 11.1. The highest BCUT2D eigenvalue weighted by molar-refractivity contribution is 8.00. The lowest BCUT2D eigenvalue weighted by atomic mass is 10.2. The van der Waals surface area contributed by atoms with E-state index in [2.05, 4.69) is 24.4 Å². The maximum atomic E-state index is 13.1. The van der Waals surface area contributed by atoms with Gasteiger partial charge in [0.25, 0.3) is 0 Å². The van der Waals surface area contributed by atoms with Crippen LogP contribution in [0, 0.1) is 0 Å². The Kier molecular flexibility index (Phi) is 6.61. The van der Waals surface area contributed by atoms with E-state index in [9.17, 15) is 13.2 Å². The molecule has 174 valence electrons. The fourth-order valence-corrected chi connectivity index (χ4v) is 4.45. The summed E-state index contributed by atoms with van der Waals surface area (Å²) < 4.78 is 44.6. The van der Waals surface area contributed by atoms with Crippen molar-refractivity contribution in [2.24, 2.45) is 7.05 Å². The van der Waals surface area contributed by atoms with Crippen molar-refractivity contribution in [3.8, 4) is 5.82 Å². The third-order valence-electron chi connectivity index (χ3n) is 5.06. The van der Waals surface area contributed by atoms with Crippen molar-refractivity contribution in [3.05, 3.63) is 60.7 Å². The molecule has 7 nitrogen and oxygen atoms in total. The number of para-hydroxylation sites is 1. The highest BCUT2D eigenvalue weighted by atomic mass is 32.2. The molecule has 1 aromatic carbocycles. The molecule has 0 fully saturated rings. The van der Waals surface area contributed by atoms with Crippen molar-refractivity contribution in [2.45, 2.75) is 17.5 Å². The minimum atomic E-state index is -4.44. The van der Waals surface area contributed by atoms with Crippen LogP contribution in [0.2, 0.25) is 0 Å². The molecule has 0 spiro atoms. The molecular weight excluding hydrogens is 451 g/mol. The van der Waals surface area contributed by atoms with Crippen molar-refractivity contribution in [3.63, 3.8) is 0 Å². The number of halogens is 3. The number of hydrogen-bond donors (Lipinski definition) is 0. The minimum absolute atomic E-state index is 0.115. The Hall–Kier alpha value is -3.05. The van der Waals surface area contributed by atoms with Gasteiger partial charge >= 0.3 is 6.18 Å². The Morgan fingerprint density at radius 3 is 2.64 bits per heavy atom. The van der Waals surface area contributed by atoms with Gasteiger partial charge in [0, 0.05) is 31.4 Å². The van der Waals surface area contributed by atoms with E-state index >= 15 is 0 Å². The quantitative estimate of drug-likeness (QED) is 0.346. The Morgan fingerprint density at radius 2 is 1.88 bits per heavy atom. The normalized spacial score (nSPS) is 12.1. The number of hydrogen-bond acceptors (Lipinski definition) is 6. The van der Waals surface area contributed by atoms with Gasteiger partial charge in [-0.3, -0.25) is 4.68 Å². The van der Waals surface area contributed by atoms with E-state index in [1.807, 2.05) is 50.2 Å². The molecule has 33 heavy (non-hydrogen) atoms. The van der Waals surface area contributed by atoms with Crippen molar-refractivity contribution >= 4 is 28.5 Å². The second-order valence-corrected chi connectivity index (χ2v) is 8.95. The molecule has 0 aliphatic rings. The van der Waals surface area contributed by atoms with Gasteiger partial charge in [-0.25, -0.2) is 9.67 Å². The molecule has 3 aromatic heterocycles. The van der Waals surface area contributed by atoms with Crippen molar-refractivity contribution in [2.75, 3.05) is 31.5 Å². The average Bonchev–Trinajstić information content (AvgIpc) is 3.39. The Balaban J connectivity index is 1.62. The zero-order chi connectivity index (χ0) is 23.6. The predicted octanol–water partition coefficient (Wildman–Crippen LogP) is 4.64. The fraction of sp³-hybridized carbons (Fsp3) is 0.318. The molecule has 0 N–H and O–H groups in total. The van der Waals surface area contributed by atoms with Gasteiger partial charge in [0.1, 0.15) is 0 Å². The highest BCUT2D eigenvalue weighted by Crippen LogP contribution is 2.35. The van der Waals surface area contributed by atoms with Crippen LogP contribution in [0.5, 0.6) is 0 Å². The zero-order valence-electron chi connectivity index (χ0n) is 18.5. The van der Waals surface area contributed by atoms with Crippen LogP contribution in [0.15, 0.2) is 60.0 Å². The Labute approximate surface area is 193 Å². The van der Waals surface area contributed by atoms with Gasteiger partial charge in [-0.05, 0) is 57.2 Å². The van der Waals surface area contributed by atoms with E-state index in [1.54, 1.807) is 12.4 Å². The topological polar surface area (TPSA) is 55.0 Å². The van der Waals surface area contributed by atoms with Crippen LogP contribution in [0.25, 0.3) is 16.7 Å². The SMILES string of the molecule is CN(C)CCCN(Sc1cnn(-c2cc(C(F)(F)F)ccn2)c1)c1cccc2cnn(C)c12. The van der Waals surface area contributed by atoms with Crippen LogP contribution >= 0.6 is 11.9 Å². The number of benzene rings is 1. The van der Waals surface area contributed by atoms with Gasteiger partial charge < -0.3 is 9.21 Å². The molecule has 11 heteroatoms. The van der Waals surface area contributed by atoms with E-state index in [-0.39, 0.29) is 5.82 Å². The number of nitrogens with zero attached hydrogens (tertiary/aromatic N) is 7. The number of pyridine rings is 1. The molecule has 0 amide bonds. The maximum Gasteiger partial charge on any atom is 0.416 e. The van der Waals surface area contributed by atoms with Gasteiger partial charge in [-0.15, -0.1) is 0 Å². The molecule has 4 aromatic rings. The lowest BCUT2D eigenvalue weighted by Crippen LogP contribution is -2.22. The summed E-state index contributed by atoms with van der Waals surface area (Å²) in [7, 11) is 5.97. The van der Waals surface area contributed by atoms with Crippen LogP contribution in [-0.4, -0.2) is 56.6 Å². The van der Waals surface area contributed by atoms with Gasteiger partial charge in [-0.1, -0.05) is 12.1 Å². The predicted molar refractivity (Wildman–Crippen MR) is 123 cm³/mol. The molecule has 0 bridgehead atoms. The van der Waals surface area contributed by atoms with Gasteiger partial charge in [0.2, 0.25) is 0 Å². The van der Waals surface area contributed by atoms with Crippen molar-refractivity contribution in [1.82, 2.24) is 29.4 Å². The van der Waals surface area contributed by atoms with Crippen LogP contribution in [-0.2, 0) is 13.2 Å². The second kappa shape index (κ2) is 9.44. The van der Waals surface area contributed by atoms with Crippen LogP contribution in [0.1, 0.15) is 12.0 Å². The highest BCUT2D eigenvalue weighted by Gasteiger charge is 2.31. The minimum Gasteiger partial charge on any atom is -0.310 e.